The van der Waals surface area contributed by atoms with Crippen molar-refractivity contribution in [2.24, 2.45) is 0 Å². The molecule has 35 heavy (non-hydrogen) atoms. The van der Waals surface area contributed by atoms with Gasteiger partial charge in [-0.1, -0.05) is 41.9 Å². The molecule has 186 valence electrons. The minimum Gasteiger partial charge on any atom is -0.342 e. The van der Waals surface area contributed by atoms with Crippen LogP contribution in [0.5, 0.6) is 0 Å². The number of halogens is 1. The smallest absolute Gasteiger partial charge is 0.289 e. The van der Waals surface area contributed by atoms with E-state index >= 15 is 0 Å². The predicted molar refractivity (Wildman–Crippen MR) is 134 cm³/mol. The Labute approximate surface area is 209 Å². The van der Waals surface area contributed by atoms with E-state index in [-0.39, 0.29) is 22.5 Å². The van der Waals surface area contributed by atoms with Gasteiger partial charge in [0.25, 0.3) is 5.69 Å². The number of likely N-dealkylation sites (tertiary alicyclic amines) is 1. The zero-order chi connectivity index (χ0) is 24.8. The molecule has 2 saturated heterocycles. The standard InChI is InChI=1S/C25H30ClN5O4/c26-21-10-9-20(17-22(21)31(34)35)27-25(33)24(19-7-2-1-3-8-19)30-14-6-11-28(15-16-30)18-23(32)29-12-4-5-13-29/h1-3,7-10,17,24H,4-6,11-16,18H2,(H,27,33). The van der Waals surface area contributed by atoms with Crippen LogP contribution in [0.25, 0.3) is 0 Å². The Balaban J connectivity index is 1.48. The van der Waals surface area contributed by atoms with E-state index in [9.17, 15) is 19.7 Å². The summed E-state index contributed by atoms with van der Waals surface area (Å²) < 4.78 is 0. The van der Waals surface area contributed by atoms with E-state index in [0.29, 0.717) is 31.9 Å². The van der Waals surface area contributed by atoms with Crippen LogP contribution in [-0.4, -0.2) is 77.3 Å². The van der Waals surface area contributed by atoms with E-state index in [1.165, 1.54) is 12.1 Å². The summed E-state index contributed by atoms with van der Waals surface area (Å²) in [6, 6.07) is 13.2. The molecule has 0 bridgehead atoms. The number of carbonyl (C=O) groups is 2. The number of nitro benzene ring substituents is 1. The lowest BCUT2D eigenvalue weighted by Crippen LogP contribution is -2.42. The molecule has 2 amide bonds. The first kappa shape index (κ1) is 25.1. The summed E-state index contributed by atoms with van der Waals surface area (Å²) >= 11 is 5.92. The van der Waals surface area contributed by atoms with E-state index in [1.807, 2.05) is 35.2 Å². The molecule has 0 aromatic heterocycles. The number of nitrogens with zero attached hydrogens (tertiary/aromatic N) is 4. The van der Waals surface area contributed by atoms with E-state index in [1.54, 1.807) is 6.07 Å². The zero-order valence-electron chi connectivity index (χ0n) is 19.6. The van der Waals surface area contributed by atoms with Crippen molar-refractivity contribution in [3.63, 3.8) is 0 Å². The minimum atomic E-state index is -0.570. The fraction of sp³-hybridized carbons (Fsp3) is 0.440. The molecule has 0 spiro atoms. The van der Waals surface area contributed by atoms with Crippen LogP contribution in [0.15, 0.2) is 48.5 Å². The van der Waals surface area contributed by atoms with Crippen molar-refractivity contribution in [3.05, 3.63) is 69.2 Å². The van der Waals surface area contributed by atoms with Crippen LogP contribution < -0.4 is 5.32 Å². The first-order chi connectivity index (χ1) is 16.9. The number of rotatable bonds is 7. The third-order valence-electron chi connectivity index (χ3n) is 6.58. The molecule has 10 heteroatoms. The average Bonchev–Trinajstić information content (AvgIpc) is 3.30. The Bertz CT molecular complexity index is 1060. The molecule has 9 nitrogen and oxygen atoms in total. The highest BCUT2D eigenvalue weighted by molar-refractivity contribution is 6.32. The number of nitro groups is 1. The molecule has 2 aromatic rings. The summed E-state index contributed by atoms with van der Waals surface area (Å²) in [6.07, 6.45) is 2.98. The summed E-state index contributed by atoms with van der Waals surface area (Å²) in [6.45, 7) is 4.90. The van der Waals surface area contributed by atoms with Gasteiger partial charge in [0, 0.05) is 44.5 Å². The number of hydrogen-bond acceptors (Lipinski definition) is 6. The highest BCUT2D eigenvalue weighted by atomic mass is 35.5. The molecule has 2 fully saturated rings. The molecule has 2 heterocycles. The van der Waals surface area contributed by atoms with Gasteiger partial charge in [-0.2, -0.15) is 0 Å². The fourth-order valence-electron chi connectivity index (χ4n) is 4.77. The molecule has 2 aromatic carbocycles. The van der Waals surface area contributed by atoms with Gasteiger partial charge in [0.2, 0.25) is 11.8 Å². The molecule has 2 aliphatic rings. The molecule has 1 atom stereocenters. The highest BCUT2D eigenvalue weighted by Gasteiger charge is 2.30. The van der Waals surface area contributed by atoms with Gasteiger partial charge in [-0.3, -0.25) is 29.5 Å². The van der Waals surface area contributed by atoms with E-state index in [2.05, 4.69) is 15.1 Å². The monoisotopic (exact) mass is 499 g/mol. The average molecular weight is 500 g/mol. The summed E-state index contributed by atoms with van der Waals surface area (Å²) in [5.41, 5.74) is 0.906. The molecule has 2 aliphatic heterocycles. The zero-order valence-corrected chi connectivity index (χ0v) is 20.3. The van der Waals surface area contributed by atoms with Crippen LogP contribution in [0.2, 0.25) is 5.02 Å². The van der Waals surface area contributed by atoms with E-state index < -0.39 is 11.0 Å². The second kappa shape index (κ2) is 11.6. The molecule has 0 aliphatic carbocycles. The van der Waals surface area contributed by atoms with Crippen LogP contribution in [0.3, 0.4) is 0 Å². The lowest BCUT2D eigenvalue weighted by molar-refractivity contribution is -0.384. The first-order valence-electron chi connectivity index (χ1n) is 12.0. The maximum absolute atomic E-state index is 13.5. The molecule has 4 rings (SSSR count). The van der Waals surface area contributed by atoms with Crippen LogP contribution >= 0.6 is 11.6 Å². The quantitative estimate of drug-likeness (QED) is 0.462. The third-order valence-corrected chi connectivity index (χ3v) is 6.90. The second-order valence-corrected chi connectivity index (χ2v) is 9.39. The van der Waals surface area contributed by atoms with Crippen molar-refractivity contribution in [1.29, 1.82) is 0 Å². The number of anilines is 1. The molecular weight excluding hydrogens is 470 g/mol. The molecule has 1 N–H and O–H groups in total. The SMILES string of the molecule is O=C(Nc1ccc(Cl)c([N+](=O)[O-])c1)C(c1ccccc1)N1CCCN(CC(=O)N2CCCC2)CC1. The van der Waals surface area contributed by atoms with Crippen LogP contribution in [0.4, 0.5) is 11.4 Å². The van der Waals surface area contributed by atoms with Crippen molar-refractivity contribution in [1.82, 2.24) is 14.7 Å². The normalized spacial score (nSPS) is 18.1. The van der Waals surface area contributed by atoms with Gasteiger partial charge in [0.05, 0.1) is 11.5 Å². The van der Waals surface area contributed by atoms with Crippen molar-refractivity contribution in [3.8, 4) is 0 Å². The predicted octanol–water partition coefficient (Wildman–Crippen LogP) is 3.56. The van der Waals surface area contributed by atoms with Gasteiger partial charge in [0.15, 0.2) is 0 Å². The van der Waals surface area contributed by atoms with Gasteiger partial charge >= 0.3 is 0 Å². The Kier molecular flexibility index (Phi) is 8.33. The Morgan fingerprint density at radius 2 is 1.71 bits per heavy atom. The topological polar surface area (TPSA) is 99.0 Å². The Hall–Kier alpha value is -3.01. The number of carbonyl (C=O) groups excluding carboxylic acids is 2. The second-order valence-electron chi connectivity index (χ2n) is 8.98. The van der Waals surface area contributed by atoms with Gasteiger partial charge in [0.1, 0.15) is 11.1 Å². The molecular formula is C25H30ClN5O4. The molecule has 0 radical (unpaired) electrons. The fourth-order valence-corrected chi connectivity index (χ4v) is 4.96. The number of amides is 2. The largest absolute Gasteiger partial charge is 0.342 e. The van der Waals surface area contributed by atoms with Gasteiger partial charge < -0.3 is 10.2 Å². The first-order valence-corrected chi connectivity index (χ1v) is 12.3. The lowest BCUT2D eigenvalue weighted by Gasteiger charge is -2.30. The van der Waals surface area contributed by atoms with Gasteiger partial charge in [-0.15, -0.1) is 0 Å². The maximum atomic E-state index is 13.5. The van der Waals surface area contributed by atoms with Crippen molar-refractivity contribution in [2.45, 2.75) is 25.3 Å². The molecule has 1 unspecified atom stereocenters. The van der Waals surface area contributed by atoms with E-state index in [4.69, 9.17) is 11.6 Å². The van der Waals surface area contributed by atoms with E-state index in [0.717, 1.165) is 44.5 Å². The number of benzene rings is 2. The van der Waals surface area contributed by atoms with Gasteiger partial charge in [-0.05, 0) is 43.5 Å². The molecule has 0 saturated carbocycles. The minimum absolute atomic E-state index is 0.0173. The van der Waals surface area contributed by atoms with Crippen LogP contribution in [0, 0.1) is 10.1 Å². The number of hydrogen-bond donors (Lipinski definition) is 1. The van der Waals surface area contributed by atoms with Crippen molar-refractivity contribution >= 4 is 34.8 Å². The van der Waals surface area contributed by atoms with Crippen molar-refractivity contribution in [2.75, 3.05) is 51.1 Å². The van der Waals surface area contributed by atoms with Crippen molar-refractivity contribution < 1.29 is 14.5 Å². The summed E-state index contributed by atoms with van der Waals surface area (Å²) in [4.78, 5) is 43.0. The lowest BCUT2D eigenvalue weighted by atomic mass is 10.0. The summed E-state index contributed by atoms with van der Waals surface area (Å²) in [5.74, 6) is -0.0907. The van der Waals surface area contributed by atoms with Crippen LogP contribution in [0.1, 0.15) is 30.9 Å². The highest BCUT2D eigenvalue weighted by Crippen LogP contribution is 2.29. The Morgan fingerprint density at radius 1 is 0.971 bits per heavy atom. The summed E-state index contributed by atoms with van der Waals surface area (Å²) in [5, 5.41) is 14.1. The maximum Gasteiger partial charge on any atom is 0.289 e. The summed E-state index contributed by atoms with van der Waals surface area (Å²) in [7, 11) is 0. The third kappa shape index (κ3) is 6.36. The van der Waals surface area contributed by atoms with Crippen LogP contribution in [-0.2, 0) is 9.59 Å². The number of nitrogens with one attached hydrogen (secondary N) is 1. The Morgan fingerprint density at radius 3 is 2.43 bits per heavy atom. The van der Waals surface area contributed by atoms with Gasteiger partial charge in [-0.25, -0.2) is 0 Å².